The molecule has 0 bridgehead atoms. The first-order valence-electron chi connectivity index (χ1n) is 6.81. The van der Waals surface area contributed by atoms with E-state index in [4.69, 9.17) is 10.5 Å². The molecule has 2 rings (SSSR count). The van der Waals surface area contributed by atoms with Gasteiger partial charge in [0.15, 0.2) is 0 Å². The van der Waals surface area contributed by atoms with E-state index < -0.39 is 0 Å². The van der Waals surface area contributed by atoms with Gasteiger partial charge in [-0.05, 0) is 36.7 Å². The van der Waals surface area contributed by atoms with Crippen molar-refractivity contribution in [1.29, 1.82) is 0 Å². The number of benzene rings is 2. The van der Waals surface area contributed by atoms with Gasteiger partial charge < -0.3 is 15.4 Å². The van der Waals surface area contributed by atoms with Crippen LogP contribution in [0.25, 0.3) is 11.1 Å². The minimum absolute atomic E-state index is 0.654. The van der Waals surface area contributed by atoms with E-state index in [2.05, 4.69) is 55.4 Å². The minimum atomic E-state index is 0.654. The van der Waals surface area contributed by atoms with Crippen molar-refractivity contribution >= 4 is 5.69 Å². The van der Waals surface area contributed by atoms with Crippen LogP contribution in [0.15, 0.2) is 42.5 Å². The Morgan fingerprint density at radius 3 is 2.45 bits per heavy atom. The van der Waals surface area contributed by atoms with E-state index in [1.807, 2.05) is 6.07 Å². The predicted molar refractivity (Wildman–Crippen MR) is 85.5 cm³/mol. The molecular formula is C17H22N2O. The number of hydrogen-bond donors (Lipinski definition) is 1. The first-order chi connectivity index (χ1) is 9.67. The highest BCUT2D eigenvalue weighted by Crippen LogP contribution is 2.36. The third kappa shape index (κ3) is 2.94. The number of nitrogens with two attached hydrogens (primary N) is 1. The quantitative estimate of drug-likeness (QED) is 0.908. The maximum Gasteiger partial charge on any atom is 0.126 e. The van der Waals surface area contributed by atoms with E-state index >= 15 is 0 Å². The summed E-state index contributed by atoms with van der Waals surface area (Å²) in [6.07, 6.45) is 0.876. The summed E-state index contributed by atoms with van der Waals surface area (Å²) in [7, 11) is 5.81. The maximum absolute atomic E-state index is 5.66. The lowest BCUT2D eigenvalue weighted by atomic mass is 9.98. The standard InChI is InChI=1S/C17H22N2O/c1-19(2)16-7-5-4-6-14(16)15-12-13(10-11-18)8-9-17(15)20-3/h4-9,12H,10-11,18H2,1-3H3. The Kier molecular flexibility index (Phi) is 4.64. The van der Waals surface area contributed by atoms with Crippen LogP contribution < -0.4 is 15.4 Å². The second-order valence-corrected chi connectivity index (χ2v) is 4.98. The zero-order valence-corrected chi connectivity index (χ0v) is 12.4. The zero-order valence-electron chi connectivity index (χ0n) is 12.4. The summed E-state index contributed by atoms with van der Waals surface area (Å²) in [5, 5.41) is 0. The van der Waals surface area contributed by atoms with Crippen molar-refractivity contribution in [1.82, 2.24) is 0 Å². The molecule has 0 aliphatic heterocycles. The van der Waals surface area contributed by atoms with E-state index in [-0.39, 0.29) is 0 Å². The minimum Gasteiger partial charge on any atom is -0.496 e. The third-order valence-corrected chi connectivity index (χ3v) is 3.37. The lowest BCUT2D eigenvalue weighted by Crippen LogP contribution is -2.10. The first-order valence-corrected chi connectivity index (χ1v) is 6.81. The highest BCUT2D eigenvalue weighted by atomic mass is 16.5. The summed E-state index contributed by atoms with van der Waals surface area (Å²) in [4.78, 5) is 2.12. The number of hydrogen-bond acceptors (Lipinski definition) is 3. The van der Waals surface area contributed by atoms with Gasteiger partial charge in [0.05, 0.1) is 7.11 Å². The van der Waals surface area contributed by atoms with Crippen molar-refractivity contribution in [2.45, 2.75) is 6.42 Å². The molecule has 0 saturated heterocycles. The highest BCUT2D eigenvalue weighted by molar-refractivity contribution is 5.82. The molecule has 0 atom stereocenters. The van der Waals surface area contributed by atoms with Crippen LogP contribution in [0, 0.1) is 0 Å². The largest absolute Gasteiger partial charge is 0.496 e. The maximum atomic E-state index is 5.66. The molecule has 2 aromatic carbocycles. The van der Waals surface area contributed by atoms with Crippen LogP contribution in [0.1, 0.15) is 5.56 Å². The molecule has 0 heterocycles. The number of rotatable bonds is 5. The predicted octanol–water partition coefficient (Wildman–Crippen LogP) is 2.93. The molecule has 0 saturated carbocycles. The molecule has 106 valence electrons. The number of ether oxygens (including phenoxy) is 1. The van der Waals surface area contributed by atoms with Crippen LogP contribution in [0.4, 0.5) is 5.69 Å². The van der Waals surface area contributed by atoms with Crippen molar-refractivity contribution in [2.24, 2.45) is 5.73 Å². The van der Waals surface area contributed by atoms with Crippen molar-refractivity contribution < 1.29 is 4.74 Å². The molecule has 0 aromatic heterocycles. The normalized spacial score (nSPS) is 10.4. The van der Waals surface area contributed by atoms with E-state index in [0.29, 0.717) is 6.54 Å². The van der Waals surface area contributed by atoms with Gasteiger partial charge >= 0.3 is 0 Å². The molecule has 3 nitrogen and oxygen atoms in total. The van der Waals surface area contributed by atoms with Crippen LogP contribution in [0.3, 0.4) is 0 Å². The van der Waals surface area contributed by atoms with Gasteiger partial charge in [-0.25, -0.2) is 0 Å². The van der Waals surface area contributed by atoms with Gasteiger partial charge in [-0.1, -0.05) is 24.3 Å². The summed E-state index contributed by atoms with van der Waals surface area (Å²) in [6.45, 7) is 0.654. The van der Waals surface area contributed by atoms with E-state index in [0.717, 1.165) is 17.7 Å². The molecule has 0 amide bonds. The fraction of sp³-hybridized carbons (Fsp3) is 0.294. The lowest BCUT2D eigenvalue weighted by Gasteiger charge is -2.19. The van der Waals surface area contributed by atoms with Crippen molar-refractivity contribution in [2.75, 3.05) is 32.6 Å². The molecule has 0 aliphatic carbocycles. The molecule has 2 N–H and O–H groups in total. The van der Waals surface area contributed by atoms with Gasteiger partial charge in [0.1, 0.15) is 5.75 Å². The van der Waals surface area contributed by atoms with Gasteiger partial charge in [0.25, 0.3) is 0 Å². The van der Waals surface area contributed by atoms with Gasteiger partial charge in [-0.15, -0.1) is 0 Å². The van der Waals surface area contributed by atoms with Gasteiger partial charge in [-0.2, -0.15) is 0 Å². The first kappa shape index (κ1) is 14.4. The third-order valence-electron chi connectivity index (χ3n) is 3.37. The molecule has 0 radical (unpaired) electrons. The van der Waals surface area contributed by atoms with Crippen molar-refractivity contribution in [3.05, 3.63) is 48.0 Å². The Morgan fingerprint density at radius 1 is 1.05 bits per heavy atom. The lowest BCUT2D eigenvalue weighted by molar-refractivity contribution is 0.416. The second kappa shape index (κ2) is 6.44. The Morgan fingerprint density at radius 2 is 1.80 bits per heavy atom. The topological polar surface area (TPSA) is 38.5 Å². The van der Waals surface area contributed by atoms with Crippen LogP contribution in [-0.2, 0) is 6.42 Å². The molecule has 2 aromatic rings. The molecule has 0 unspecified atom stereocenters. The fourth-order valence-corrected chi connectivity index (χ4v) is 2.38. The summed E-state index contributed by atoms with van der Waals surface area (Å²) in [5.74, 6) is 0.889. The van der Waals surface area contributed by atoms with E-state index in [1.54, 1.807) is 7.11 Å². The number of nitrogens with zero attached hydrogens (tertiary/aromatic N) is 1. The molecular weight excluding hydrogens is 248 g/mol. The summed E-state index contributed by atoms with van der Waals surface area (Å²) < 4.78 is 5.52. The van der Waals surface area contributed by atoms with Crippen molar-refractivity contribution in [3.63, 3.8) is 0 Å². The monoisotopic (exact) mass is 270 g/mol. The van der Waals surface area contributed by atoms with Crippen LogP contribution in [-0.4, -0.2) is 27.7 Å². The number of para-hydroxylation sites is 1. The van der Waals surface area contributed by atoms with Crippen LogP contribution in [0.2, 0.25) is 0 Å². The molecule has 0 fully saturated rings. The summed E-state index contributed by atoms with van der Waals surface area (Å²) >= 11 is 0. The van der Waals surface area contributed by atoms with E-state index in [1.165, 1.54) is 16.8 Å². The second-order valence-electron chi connectivity index (χ2n) is 4.98. The Bertz CT molecular complexity index is 579. The smallest absolute Gasteiger partial charge is 0.126 e. The fourth-order valence-electron chi connectivity index (χ4n) is 2.38. The summed E-state index contributed by atoms with van der Waals surface area (Å²) in [5.41, 5.74) is 10.4. The van der Waals surface area contributed by atoms with Crippen molar-refractivity contribution in [3.8, 4) is 16.9 Å². The Labute approximate surface area is 121 Å². The summed E-state index contributed by atoms with van der Waals surface area (Å²) in [6, 6.07) is 14.6. The number of anilines is 1. The van der Waals surface area contributed by atoms with Gasteiger partial charge in [0, 0.05) is 30.9 Å². The Balaban J connectivity index is 2.58. The molecule has 0 spiro atoms. The van der Waals surface area contributed by atoms with Crippen LogP contribution >= 0.6 is 0 Å². The van der Waals surface area contributed by atoms with Crippen LogP contribution in [0.5, 0.6) is 5.75 Å². The van der Waals surface area contributed by atoms with Gasteiger partial charge in [-0.3, -0.25) is 0 Å². The number of methoxy groups -OCH3 is 1. The molecule has 3 heteroatoms. The van der Waals surface area contributed by atoms with E-state index in [9.17, 15) is 0 Å². The Hall–Kier alpha value is -2.00. The average molecular weight is 270 g/mol. The highest BCUT2D eigenvalue weighted by Gasteiger charge is 2.12. The zero-order chi connectivity index (χ0) is 14.5. The SMILES string of the molecule is COc1ccc(CCN)cc1-c1ccccc1N(C)C. The van der Waals surface area contributed by atoms with Gasteiger partial charge in [0.2, 0.25) is 0 Å². The molecule has 20 heavy (non-hydrogen) atoms. The molecule has 0 aliphatic rings. The average Bonchev–Trinajstić information content (AvgIpc) is 2.47.